The number of amides is 1. The summed E-state index contributed by atoms with van der Waals surface area (Å²) in [7, 11) is 0. The Kier molecular flexibility index (Phi) is 20.5. The molecule has 1 heterocycles. The van der Waals surface area contributed by atoms with Crippen LogP contribution >= 0.6 is 23.5 Å². The molecule has 0 spiro atoms. The maximum atomic E-state index is 12.4. The molecule has 11 nitrogen and oxygen atoms in total. The van der Waals surface area contributed by atoms with E-state index in [9.17, 15) is 14.4 Å². The summed E-state index contributed by atoms with van der Waals surface area (Å²) >= 11 is 2.48. The van der Waals surface area contributed by atoms with E-state index < -0.39 is 6.04 Å². The molecule has 0 aromatic heterocycles. The zero-order chi connectivity index (χ0) is 27.3. The number of aliphatic hydroxyl groups is 4. The van der Waals surface area contributed by atoms with Gasteiger partial charge in [-0.3, -0.25) is 24.2 Å². The van der Waals surface area contributed by atoms with E-state index in [1.54, 1.807) is 0 Å². The molecular weight excluding hydrogens is 520 g/mol. The Morgan fingerprint density at radius 2 is 1.19 bits per heavy atom. The van der Waals surface area contributed by atoms with Crippen LogP contribution in [0.2, 0.25) is 0 Å². The summed E-state index contributed by atoms with van der Waals surface area (Å²) in [5.41, 5.74) is 0. The largest absolute Gasteiger partial charge is 0.395 e. The first-order chi connectivity index (χ1) is 17.9. The number of hydrogen-bond donors (Lipinski definition) is 6. The third-order valence-electron chi connectivity index (χ3n) is 5.99. The first kappa shape index (κ1) is 34.3. The molecule has 0 aromatic rings. The molecule has 0 saturated carbocycles. The van der Waals surface area contributed by atoms with E-state index in [0.717, 1.165) is 38.8 Å². The van der Waals surface area contributed by atoms with E-state index in [1.807, 2.05) is 9.80 Å². The van der Waals surface area contributed by atoms with Crippen LogP contribution in [0.1, 0.15) is 38.5 Å². The summed E-state index contributed by atoms with van der Waals surface area (Å²) < 4.78 is 0. The van der Waals surface area contributed by atoms with Crippen LogP contribution < -0.4 is 10.6 Å². The van der Waals surface area contributed by atoms with Crippen molar-refractivity contribution in [3.05, 3.63) is 0 Å². The van der Waals surface area contributed by atoms with Gasteiger partial charge in [-0.2, -0.15) is 0 Å². The highest BCUT2D eigenvalue weighted by molar-refractivity contribution is 8.13. The van der Waals surface area contributed by atoms with E-state index in [0.29, 0.717) is 44.2 Å². The summed E-state index contributed by atoms with van der Waals surface area (Å²) in [5.74, 6) is 1.10. The molecule has 1 rings (SSSR count). The van der Waals surface area contributed by atoms with Crippen LogP contribution in [-0.2, 0) is 14.4 Å². The average Bonchev–Trinajstić information content (AvgIpc) is 2.85. The summed E-state index contributed by atoms with van der Waals surface area (Å²) in [6, 6.07) is -0.860. The van der Waals surface area contributed by atoms with Crippen LogP contribution in [0, 0.1) is 0 Å². The molecule has 37 heavy (non-hydrogen) atoms. The highest BCUT2D eigenvalue weighted by Gasteiger charge is 2.30. The molecule has 1 amide bonds. The third-order valence-corrected chi connectivity index (χ3v) is 7.95. The summed E-state index contributed by atoms with van der Waals surface area (Å²) in [6.45, 7) is 4.30. The maximum absolute atomic E-state index is 12.4. The molecule has 6 N–H and O–H groups in total. The van der Waals surface area contributed by atoms with Gasteiger partial charge in [0, 0.05) is 63.1 Å². The standard InChI is InChI=1S/C24H46N4O7S2/c29-11-7-27(8-12-30)5-1-3-15-36-22(33)17-20-19-25-21(24(35)26-20)18-23(34)37-16-4-2-6-28(9-13-31)10-14-32/h20-21,25,29-32H,1-19H2,(H,26,35). The van der Waals surface area contributed by atoms with Crippen LogP contribution in [0.25, 0.3) is 0 Å². The second-order valence-electron chi connectivity index (χ2n) is 9.01. The quantitative estimate of drug-likeness (QED) is 0.0877. The second-order valence-corrected chi connectivity index (χ2v) is 11.3. The lowest BCUT2D eigenvalue weighted by Crippen LogP contribution is -2.59. The Hall–Kier alpha value is -0.770. The fourth-order valence-corrected chi connectivity index (χ4v) is 5.74. The van der Waals surface area contributed by atoms with Gasteiger partial charge in [0.05, 0.1) is 32.5 Å². The van der Waals surface area contributed by atoms with Crippen molar-refractivity contribution in [2.45, 2.75) is 50.6 Å². The number of aliphatic hydroxyl groups excluding tert-OH is 4. The van der Waals surface area contributed by atoms with Crippen molar-refractivity contribution in [2.24, 2.45) is 0 Å². The summed E-state index contributed by atoms with van der Waals surface area (Å²) in [4.78, 5) is 41.0. The van der Waals surface area contributed by atoms with E-state index in [2.05, 4.69) is 10.6 Å². The van der Waals surface area contributed by atoms with Crippen molar-refractivity contribution < 1.29 is 34.8 Å². The van der Waals surface area contributed by atoms with Gasteiger partial charge in [0.25, 0.3) is 0 Å². The number of unbranched alkanes of at least 4 members (excludes halogenated alkanes) is 2. The Morgan fingerprint density at radius 3 is 1.62 bits per heavy atom. The first-order valence-electron chi connectivity index (χ1n) is 13.2. The van der Waals surface area contributed by atoms with Crippen molar-refractivity contribution in [2.75, 3.05) is 83.7 Å². The SMILES string of the molecule is O=C(CC1CNC(CC(=O)SCCCCN(CCO)CCO)C(=O)N1)SCCCCN(CCO)CCO. The Morgan fingerprint density at radius 1 is 0.730 bits per heavy atom. The van der Waals surface area contributed by atoms with Gasteiger partial charge in [-0.1, -0.05) is 23.5 Å². The van der Waals surface area contributed by atoms with Crippen LogP contribution in [0.4, 0.5) is 0 Å². The minimum Gasteiger partial charge on any atom is -0.395 e. The minimum atomic E-state index is -0.579. The number of thioether (sulfide) groups is 2. The molecule has 216 valence electrons. The fourth-order valence-electron chi connectivity index (χ4n) is 3.99. The molecule has 1 fully saturated rings. The fraction of sp³-hybridized carbons (Fsp3) is 0.875. The highest BCUT2D eigenvalue weighted by Crippen LogP contribution is 2.15. The average molecular weight is 567 g/mol. The number of piperazine rings is 1. The highest BCUT2D eigenvalue weighted by atomic mass is 32.2. The normalized spacial score (nSPS) is 17.9. The molecular formula is C24H46N4O7S2. The second kappa shape index (κ2) is 22.1. The lowest BCUT2D eigenvalue weighted by Gasteiger charge is -2.29. The zero-order valence-corrected chi connectivity index (χ0v) is 23.4. The van der Waals surface area contributed by atoms with Crippen molar-refractivity contribution in [3.63, 3.8) is 0 Å². The van der Waals surface area contributed by atoms with E-state index in [-0.39, 0.29) is 61.4 Å². The van der Waals surface area contributed by atoms with Crippen molar-refractivity contribution in [1.29, 1.82) is 0 Å². The third kappa shape index (κ3) is 16.7. The van der Waals surface area contributed by atoms with Crippen molar-refractivity contribution >= 4 is 39.7 Å². The van der Waals surface area contributed by atoms with Gasteiger partial charge in [0.15, 0.2) is 10.2 Å². The molecule has 1 aliphatic rings. The zero-order valence-electron chi connectivity index (χ0n) is 21.8. The van der Waals surface area contributed by atoms with Crippen LogP contribution in [0.3, 0.4) is 0 Å². The molecule has 2 unspecified atom stereocenters. The van der Waals surface area contributed by atoms with Crippen LogP contribution in [-0.4, -0.2) is 142 Å². The van der Waals surface area contributed by atoms with Gasteiger partial charge in [0.1, 0.15) is 0 Å². The molecule has 2 atom stereocenters. The molecule has 1 saturated heterocycles. The van der Waals surface area contributed by atoms with E-state index >= 15 is 0 Å². The number of carbonyl (C=O) groups is 3. The predicted octanol–water partition coefficient (Wildman–Crippen LogP) is -1.12. The molecule has 0 aliphatic carbocycles. The Balaban J connectivity index is 2.16. The van der Waals surface area contributed by atoms with E-state index in [1.165, 1.54) is 23.5 Å². The molecule has 0 aromatic carbocycles. The number of hydrogen-bond acceptors (Lipinski definition) is 12. The van der Waals surface area contributed by atoms with E-state index in [4.69, 9.17) is 20.4 Å². The van der Waals surface area contributed by atoms with Crippen molar-refractivity contribution in [1.82, 2.24) is 20.4 Å². The van der Waals surface area contributed by atoms with Gasteiger partial charge in [-0.05, 0) is 38.8 Å². The minimum absolute atomic E-state index is 0.0243. The molecule has 0 bridgehead atoms. The lowest BCUT2D eigenvalue weighted by molar-refractivity contribution is -0.127. The number of rotatable bonds is 22. The Labute approximate surface area is 229 Å². The summed E-state index contributed by atoms with van der Waals surface area (Å²) in [5, 5.41) is 42.1. The first-order valence-corrected chi connectivity index (χ1v) is 15.1. The Bertz CT molecular complexity index is 636. The van der Waals surface area contributed by atoms with Crippen LogP contribution in [0.5, 0.6) is 0 Å². The monoisotopic (exact) mass is 566 g/mol. The van der Waals surface area contributed by atoms with Crippen LogP contribution in [0.15, 0.2) is 0 Å². The number of nitrogens with one attached hydrogen (secondary N) is 2. The van der Waals surface area contributed by atoms with Gasteiger partial charge in [-0.15, -0.1) is 0 Å². The number of carbonyl (C=O) groups excluding carboxylic acids is 3. The van der Waals surface area contributed by atoms with Gasteiger partial charge < -0.3 is 31.1 Å². The predicted molar refractivity (Wildman–Crippen MR) is 148 cm³/mol. The smallest absolute Gasteiger partial charge is 0.237 e. The topological polar surface area (TPSA) is 163 Å². The van der Waals surface area contributed by atoms with Gasteiger partial charge in [0.2, 0.25) is 5.91 Å². The maximum Gasteiger partial charge on any atom is 0.237 e. The van der Waals surface area contributed by atoms with Gasteiger partial charge >= 0.3 is 0 Å². The molecule has 0 radical (unpaired) electrons. The molecule has 1 aliphatic heterocycles. The van der Waals surface area contributed by atoms with Crippen molar-refractivity contribution in [3.8, 4) is 0 Å². The lowest BCUT2D eigenvalue weighted by atomic mass is 10.1. The number of nitrogens with zero attached hydrogens (tertiary/aromatic N) is 2. The molecule has 13 heteroatoms. The summed E-state index contributed by atoms with van der Waals surface area (Å²) in [6.07, 6.45) is 3.77. The van der Waals surface area contributed by atoms with Gasteiger partial charge in [-0.25, -0.2) is 0 Å².